The maximum Gasteiger partial charge on any atom is 0.0652 e. The summed E-state index contributed by atoms with van der Waals surface area (Å²) in [5, 5.41) is 0.226. The fraction of sp³-hybridized carbons (Fsp3) is 0.789. The van der Waals surface area contributed by atoms with Crippen molar-refractivity contribution in [2.24, 2.45) is 22.2 Å². The quantitative estimate of drug-likeness (QED) is 0.535. The van der Waals surface area contributed by atoms with Crippen LogP contribution in [0.5, 0.6) is 0 Å². The van der Waals surface area contributed by atoms with Crippen LogP contribution in [0.4, 0.5) is 0 Å². The molecule has 4 bridgehead atoms. The molecule has 4 aliphatic carbocycles. The fourth-order valence-electron chi connectivity index (χ4n) is 7.05. The van der Waals surface area contributed by atoms with Crippen molar-refractivity contribution in [2.45, 2.75) is 71.6 Å². The summed E-state index contributed by atoms with van der Waals surface area (Å²) in [6, 6.07) is 2.36. The average Bonchev–Trinajstić information content (AvgIpc) is 2.62. The Bertz CT molecular complexity index is 568. The van der Waals surface area contributed by atoms with Gasteiger partial charge in [-0.2, -0.15) is 0 Å². The Morgan fingerprint density at radius 3 is 2.19 bits per heavy atom. The molecule has 3 atom stereocenters. The molecule has 0 N–H and O–H groups in total. The van der Waals surface area contributed by atoms with Crippen LogP contribution in [0.25, 0.3) is 0 Å². The standard InChI is InChI=1S/C19H27ClS/c1-12-5-15(13(2)21-12)16(20)19-8-14-6-17(3,10-19)9-18(4,7-14)11-19/h5,14,16H,6-11H2,1-4H3. The van der Waals surface area contributed by atoms with E-state index in [4.69, 9.17) is 11.6 Å². The molecule has 0 amide bonds. The minimum absolute atomic E-state index is 0.226. The van der Waals surface area contributed by atoms with E-state index in [0.29, 0.717) is 16.2 Å². The summed E-state index contributed by atoms with van der Waals surface area (Å²) in [7, 11) is 0. The molecule has 0 spiro atoms. The molecule has 1 heterocycles. The molecular formula is C19H27ClS. The Labute approximate surface area is 138 Å². The van der Waals surface area contributed by atoms with Crippen LogP contribution in [0.15, 0.2) is 6.07 Å². The minimum Gasteiger partial charge on any atom is -0.146 e. The second kappa shape index (κ2) is 4.29. The van der Waals surface area contributed by atoms with E-state index in [1.54, 1.807) is 0 Å². The van der Waals surface area contributed by atoms with E-state index in [9.17, 15) is 0 Å². The number of aryl methyl sites for hydroxylation is 2. The SMILES string of the molecule is Cc1cc(C(Cl)C23CC4CC(C)(CC(C)(C4)C2)C3)c(C)s1. The zero-order valence-electron chi connectivity index (χ0n) is 13.8. The highest BCUT2D eigenvalue weighted by Crippen LogP contribution is 2.73. The molecular weight excluding hydrogens is 296 g/mol. The highest BCUT2D eigenvalue weighted by molar-refractivity contribution is 7.12. The van der Waals surface area contributed by atoms with Gasteiger partial charge in [0.25, 0.3) is 0 Å². The first kappa shape index (κ1) is 14.6. The maximum absolute atomic E-state index is 7.18. The third-order valence-corrected chi connectivity index (χ3v) is 8.24. The third kappa shape index (κ3) is 2.14. The Morgan fingerprint density at radius 2 is 1.71 bits per heavy atom. The second-order valence-electron chi connectivity index (χ2n) is 9.22. The van der Waals surface area contributed by atoms with Gasteiger partial charge in [0.2, 0.25) is 0 Å². The first-order chi connectivity index (χ1) is 9.73. The van der Waals surface area contributed by atoms with Crippen molar-refractivity contribution in [2.75, 3.05) is 0 Å². The van der Waals surface area contributed by atoms with Crippen LogP contribution in [0.2, 0.25) is 0 Å². The molecule has 3 unspecified atom stereocenters. The number of alkyl halides is 1. The molecule has 0 saturated heterocycles. The first-order valence-corrected chi connectivity index (χ1v) is 9.69. The van der Waals surface area contributed by atoms with Gasteiger partial charge in [-0.3, -0.25) is 0 Å². The van der Waals surface area contributed by atoms with Crippen LogP contribution in [0.1, 0.15) is 73.1 Å². The largest absolute Gasteiger partial charge is 0.146 e. The molecule has 2 heteroatoms. The van der Waals surface area contributed by atoms with Gasteiger partial charge in [-0.15, -0.1) is 22.9 Å². The molecule has 116 valence electrons. The summed E-state index contributed by atoms with van der Waals surface area (Å²) < 4.78 is 0. The molecule has 0 radical (unpaired) electrons. The molecule has 0 aromatic carbocycles. The predicted molar refractivity (Wildman–Crippen MR) is 92.2 cm³/mol. The molecule has 1 aromatic rings. The summed E-state index contributed by atoms with van der Waals surface area (Å²) in [5.41, 5.74) is 2.91. The second-order valence-corrected chi connectivity index (χ2v) is 11.1. The Kier molecular flexibility index (Phi) is 2.98. The molecule has 1 aromatic heterocycles. The molecule has 5 rings (SSSR count). The fourth-order valence-corrected chi connectivity index (χ4v) is 8.55. The summed E-state index contributed by atoms with van der Waals surface area (Å²) in [5.74, 6) is 0.928. The third-order valence-electron chi connectivity index (χ3n) is 6.56. The average molecular weight is 323 g/mol. The molecule has 0 aliphatic heterocycles. The summed E-state index contributed by atoms with van der Waals surface area (Å²) in [6.45, 7) is 9.55. The van der Waals surface area contributed by atoms with Crippen molar-refractivity contribution in [3.63, 3.8) is 0 Å². The molecule has 21 heavy (non-hydrogen) atoms. The summed E-state index contributed by atoms with van der Waals surface area (Å²) in [4.78, 5) is 2.86. The van der Waals surface area contributed by atoms with Gasteiger partial charge in [-0.25, -0.2) is 0 Å². The normalized spacial score (nSPS) is 46.0. The summed E-state index contributed by atoms with van der Waals surface area (Å²) in [6.07, 6.45) is 8.43. The van der Waals surface area contributed by atoms with Crippen molar-refractivity contribution < 1.29 is 0 Å². The van der Waals surface area contributed by atoms with Gasteiger partial charge in [-0.1, -0.05) is 13.8 Å². The van der Waals surface area contributed by atoms with Crippen molar-refractivity contribution in [3.8, 4) is 0 Å². The number of rotatable bonds is 2. The van der Waals surface area contributed by atoms with Crippen molar-refractivity contribution in [3.05, 3.63) is 21.4 Å². The molecule has 4 fully saturated rings. The van der Waals surface area contributed by atoms with Crippen LogP contribution in [0.3, 0.4) is 0 Å². The molecule has 4 aliphatic rings. The zero-order chi connectivity index (χ0) is 15.0. The van der Waals surface area contributed by atoms with E-state index in [-0.39, 0.29) is 5.38 Å². The van der Waals surface area contributed by atoms with E-state index in [1.165, 1.54) is 53.8 Å². The Morgan fingerprint density at radius 1 is 1.10 bits per heavy atom. The first-order valence-electron chi connectivity index (χ1n) is 8.44. The van der Waals surface area contributed by atoms with Crippen molar-refractivity contribution in [1.82, 2.24) is 0 Å². The number of thiophene rings is 1. The van der Waals surface area contributed by atoms with Crippen LogP contribution in [-0.4, -0.2) is 0 Å². The van der Waals surface area contributed by atoms with Crippen LogP contribution >= 0.6 is 22.9 Å². The lowest BCUT2D eigenvalue weighted by Gasteiger charge is -2.66. The van der Waals surface area contributed by atoms with Crippen LogP contribution in [0, 0.1) is 36.0 Å². The minimum atomic E-state index is 0.226. The lowest BCUT2D eigenvalue weighted by Crippen LogP contribution is -2.56. The van der Waals surface area contributed by atoms with Gasteiger partial charge in [0, 0.05) is 9.75 Å². The Balaban J connectivity index is 1.75. The van der Waals surface area contributed by atoms with Gasteiger partial charge in [0.15, 0.2) is 0 Å². The molecule has 0 nitrogen and oxygen atoms in total. The highest BCUT2D eigenvalue weighted by atomic mass is 35.5. The van der Waals surface area contributed by atoms with E-state index < -0.39 is 0 Å². The predicted octanol–water partition coefficient (Wildman–Crippen LogP) is 6.64. The van der Waals surface area contributed by atoms with E-state index in [0.717, 1.165) is 5.92 Å². The zero-order valence-corrected chi connectivity index (χ0v) is 15.3. The highest BCUT2D eigenvalue weighted by Gasteiger charge is 2.62. The topological polar surface area (TPSA) is 0 Å². The lowest BCUT2D eigenvalue weighted by atomic mass is 9.39. The van der Waals surface area contributed by atoms with Gasteiger partial charge in [0.1, 0.15) is 0 Å². The smallest absolute Gasteiger partial charge is 0.0652 e. The van der Waals surface area contributed by atoms with Gasteiger partial charge < -0.3 is 0 Å². The number of hydrogen-bond donors (Lipinski definition) is 0. The van der Waals surface area contributed by atoms with E-state index in [2.05, 4.69) is 33.8 Å². The number of halogens is 1. The van der Waals surface area contributed by atoms with Crippen LogP contribution in [-0.2, 0) is 0 Å². The van der Waals surface area contributed by atoms with Crippen molar-refractivity contribution >= 4 is 22.9 Å². The van der Waals surface area contributed by atoms with E-state index in [1.807, 2.05) is 11.3 Å². The Hall–Kier alpha value is -0.0100. The van der Waals surface area contributed by atoms with Gasteiger partial charge in [-0.05, 0) is 86.2 Å². The summed E-state index contributed by atoms with van der Waals surface area (Å²) >= 11 is 9.09. The van der Waals surface area contributed by atoms with Gasteiger partial charge in [0.05, 0.1) is 5.38 Å². The lowest BCUT2D eigenvalue weighted by molar-refractivity contribution is -0.146. The van der Waals surface area contributed by atoms with Gasteiger partial charge >= 0.3 is 0 Å². The number of hydrogen-bond acceptors (Lipinski definition) is 1. The monoisotopic (exact) mass is 322 g/mol. The maximum atomic E-state index is 7.18. The molecule has 4 saturated carbocycles. The van der Waals surface area contributed by atoms with E-state index >= 15 is 0 Å². The van der Waals surface area contributed by atoms with Crippen LogP contribution < -0.4 is 0 Å². The van der Waals surface area contributed by atoms with Crippen molar-refractivity contribution in [1.29, 1.82) is 0 Å².